The molecule has 20 heavy (non-hydrogen) atoms. The molecule has 3 rings (SSSR count). The molecule has 116 valence electrons. The predicted octanol–water partition coefficient (Wildman–Crippen LogP) is 3.83. The Morgan fingerprint density at radius 2 is 1.75 bits per heavy atom. The average Bonchev–Trinajstić information content (AvgIpc) is 2.93. The minimum Gasteiger partial charge on any atom is -0.391 e. The summed E-state index contributed by atoms with van der Waals surface area (Å²) in [6, 6.07) is 0. The highest BCUT2D eigenvalue weighted by Gasteiger charge is 2.45. The Morgan fingerprint density at radius 3 is 2.25 bits per heavy atom. The fourth-order valence-corrected chi connectivity index (χ4v) is 5.59. The Bertz CT molecular complexity index is 319. The van der Waals surface area contributed by atoms with Crippen LogP contribution in [0.2, 0.25) is 0 Å². The molecule has 0 heterocycles. The van der Waals surface area contributed by atoms with E-state index in [9.17, 15) is 5.11 Å². The lowest BCUT2D eigenvalue weighted by atomic mass is 9.76. The summed E-state index contributed by atoms with van der Waals surface area (Å²) < 4.78 is 0. The second-order valence-corrected chi connectivity index (χ2v) is 8.10. The van der Waals surface area contributed by atoms with Crippen molar-refractivity contribution >= 4 is 0 Å². The molecule has 3 aliphatic carbocycles. The summed E-state index contributed by atoms with van der Waals surface area (Å²) in [5.41, 5.74) is 0.0678. The third-order valence-corrected chi connectivity index (χ3v) is 6.89. The van der Waals surface area contributed by atoms with Crippen molar-refractivity contribution in [2.24, 2.45) is 17.8 Å². The standard InChI is InChI=1S/C18H33NO/c1-19(2)18(9-5-3-4-6-10-18)17(20)13-16-12-14-7-8-15(16)11-14/h14-17,20H,3-13H2,1-2H3. The summed E-state index contributed by atoms with van der Waals surface area (Å²) in [6.45, 7) is 0. The maximum Gasteiger partial charge on any atom is 0.0726 e. The summed E-state index contributed by atoms with van der Waals surface area (Å²) >= 11 is 0. The van der Waals surface area contributed by atoms with Gasteiger partial charge in [-0.3, -0.25) is 0 Å². The number of rotatable bonds is 4. The first kappa shape index (κ1) is 14.8. The van der Waals surface area contributed by atoms with Crippen LogP contribution in [-0.4, -0.2) is 35.7 Å². The molecule has 2 bridgehead atoms. The van der Waals surface area contributed by atoms with Crippen LogP contribution in [0, 0.1) is 17.8 Å². The van der Waals surface area contributed by atoms with Crippen molar-refractivity contribution in [1.82, 2.24) is 4.90 Å². The average molecular weight is 279 g/mol. The van der Waals surface area contributed by atoms with Gasteiger partial charge in [0.1, 0.15) is 0 Å². The zero-order valence-corrected chi connectivity index (χ0v) is 13.5. The minimum absolute atomic E-state index is 0.0678. The van der Waals surface area contributed by atoms with Crippen LogP contribution in [0.15, 0.2) is 0 Å². The molecule has 2 heteroatoms. The smallest absolute Gasteiger partial charge is 0.0726 e. The highest BCUT2D eigenvalue weighted by atomic mass is 16.3. The summed E-state index contributed by atoms with van der Waals surface area (Å²) in [6.07, 6.45) is 14.4. The second-order valence-electron chi connectivity index (χ2n) is 8.10. The molecule has 4 unspecified atom stereocenters. The van der Waals surface area contributed by atoms with Crippen molar-refractivity contribution in [2.75, 3.05) is 14.1 Å². The van der Waals surface area contributed by atoms with E-state index in [1.165, 1.54) is 64.2 Å². The fraction of sp³-hybridized carbons (Fsp3) is 1.00. The van der Waals surface area contributed by atoms with Gasteiger partial charge in [0.05, 0.1) is 6.10 Å². The maximum absolute atomic E-state index is 11.1. The highest BCUT2D eigenvalue weighted by Crippen LogP contribution is 2.51. The van der Waals surface area contributed by atoms with Crippen LogP contribution in [0.25, 0.3) is 0 Å². The quantitative estimate of drug-likeness (QED) is 0.791. The van der Waals surface area contributed by atoms with Crippen LogP contribution >= 0.6 is 0 Å². The van der Waals surface area contributed by atoms with E-state index in [1.54, 1.807) is 0 Å². The number of fused-ring (bicyclic) bond motifs is 2. The number of hydrogen-bond donors (Lipinski definition) is 1. The molecule has 3 saturated carbocycles. The van der Waals surface area contributed by atoms with Crippen molar-refractivity contribution in [3.8, 4) is 0 Å². The van der Waals surface area contributed by atoms with Crippen LogP contribution in [0.5, 0.6) is 0 Å². The van der Waals surface area contributed by atoms with Crippen LogP contribution in [0.1, 0.15) is 70.6 Å². The topological polar surface area (TPSA) is 23.5 Å². The van der Waals surface area contributed by atoms with Crippen molar-refractivity contribution in [3.05, 3.63) is 0 Å². The Hall–Kier alpha value is -0.0800. The van der Waals surface area contributed by atoms with Gasteiger partial charge in [0, 0.05) is 5.54 Å². The Kier molecular flexibility index (Phi) is 4.42. The van der Waals surface area contributed by atoms with E-state index in [1.807, 2.05) is 0 Å². The van der Waals surface area contributed by atoms with Crippen LogP contribution in [0.4, 0.5) is 0 Å². The van der Waals surface area contributed by atoms with Crippen LogP contribution in [0.3, 0.4) is 0 Å². The predicted molar refractivity (Wildman–Crippen MR) is 83.7 cm³/mol. The van der Waals surface area contributed by atoms with Gasteiger partial charge in [-0.2, -0.15) is 0 Å². The van der Waals surface area contributed by atoms with Crippen molar-refractivity contribution in [3.63, 3.8) is 0 Å². The molecule has 0 aliphatic heterocycles. The van der Waals surface area contributed by atoms with Gasteiger partial charge in [-0.1, -0.05) is 32.1 Å². The molecule has 0 saturated heterocycles. The normalized spacial score (nSPS) is 38.1. The van der Waals surface area contributed by atoms with Gasteiger partial charge in [-0.25, -0.2) is 0 Å². The molecule has 4 atom stereocenters. The first-order chi connectivity index (χ1) is 9.62. The number of aliphatic hydroxyl groups is 1. The zero-order valence-electron chi connectivity index (χ0n) is 13.5. The molecule has 0 aromatic rings. The third kappa shape index (κ3) is 2.66. The molecule has 3 aliphatic rings. The van der Waals surface area contributed by atoms with Crippen molar-refractivity contribution < 1.29 is 5.11 Å². The molecule has 0 amide bonds. The van der Waals surface area contributed by atoms with Gasteiger partial charge in [0.25, 0.3) is 0 Å². The van der Waals surface area contributed by atoms with Crippen LogP contribution in [-0.2, 0) is 0 Å². The van der Waals surface area contributed by atoms with Gasteiger partial charge >= 0.3 is 0 Å². The Balaban J connectivity index is 1.67. The van der Waals surface area contributed by atoms with E-state index in [-0.39, 0.29) is 11.6 Å². The largest absolute Gasteiger partial charge is 0.391 e. The first-order valence-corrected chi connectivity index (χ1v) is 8.97. The lowest BCUT2D eigenvalue weighted by molar-refractivity contribution is -0.0345. The minimum atomic E-state index is -0.111. The van der Waals surface area contributed by atoms with Crippen LogP contribution < -0.4 is 0 Å². The SMILES string of the molecule is CN(C)C1(C(O)CC2CC3CCC2C3)CCCCCC1. The zero-order chi connectivity index (χ0) is 14.2. The van der Waals surface area contributed by atoms with Gasteiger partial charge < -0.3 is 10.0 Å². The molecule has 0 spiro atoms. The molecule has 3 fully saturated rings. The molecule has 0 aromatic heterocycles. The summed E-state index contributed by atoms with van der Waals surface area (Å²) in [4.78, 5) is 2.36. The van der Waals surface area contributed by atoms with E-state index in [4.69, 9.17) is 0 Å². The second kappa shape index (κ2) is 5.96. The van der Waals surface area contributed by atoms with Gasteiger partial charge in [0.2, 0.25) is 0 Å². The van der Waals surface area contributed by atoms with E-state index >= 15 is 0 Å². The first-order valence-electron chi connectivity index (χ1n) is 8.97. The highest BCUT2D eigenvalue weighted by molar-refractivity contribution is 4.99. The lowest BCUT2D eigenvalue weighted by Gasteiger charge is -2.45. The molecule has 0 radical (unpaired) electrons. The molecule has 2 nitrogen and oxygen atoms in total. The van der Waals surface area contributed by atoms with E-state index in [2.05, 4.69) is 19.0 Å². The van der Waals surface area contributed by atoms with Crippen molar-refractivity contribution in [2.45, 2.75) is 82.3 Å². The summed E-state index contributed by atoms with van der Waals surface area (Å²) in [5, 5.41) is 11.1. The lowest BCUT2D eigenvalue weighted by Crippen LogP contribution is -2.54. The van der Waals surface area contributed by atoms with E-state index < -0.39 is 0 Å². The van der Waals surface area contributed by atoms with Gasteiger partial charge in [-0.05, 0) is 70.4 Å². The monoisotopic (exact) mass is 279 g/mol. The fourth-order valence-electron chi connectivity index (χ4n) is 5.59. The molecule has 1 N–H and O–H groups in total. The van der Waals surface area contributed by atoms with Crippen molar-refractivity contribution in [1.29, 1.82) is 0 Å². The van der Waals surface area contributed by atoms with E-state index in [0.29, 0.717) is 0 Å². The molecular weight excluding hydrogens is 246 g/mol. The van der Waals surface area contributed by atoms with E-state index in [0.717, 1.165) is 24.2 Å². The number of aliphatic hydroxyl groups excluding tert-OH is 1. The molecule has 0 aromatic carbocycles. The molecular formula is C18H33NO. The maximum atomic E-state index is 11.1. The van der Waals surface area contributed by atoms with Gasteiger partial charge in [0.15, 0.2) is 0 Å². The Labute approximate surface area is 124 Å². The van der Waals surface area contributed by atoms with Gasteiger partial charge in [-0.15, -0.1) is 0 Å². The number of hydrogen-bond acceptors (Lipinski definition) is 2. The number of nitrogens with zero attached hydrogens (tertiary/aromatic N) is 1. The summed E-state index contributed by atoms with van der Waals surface area (Å²) in [7, 11) is 4.38. The number of likely N-dealkylation sites (N-methyl/N-ethyl adjacent to an activating group) is 1. The third-order valence-electron chi connectivity index (χ3n) is 6.89. The summed E-state index contributed by atoms with van der Waals surface area (Å²) in [5.74, 6) is 2.77. The Morgan fingerprint density at radius 1 is 1.05 bits per heavy atom.